The Hall–Kier alpha value is -0.910. The number of nitrogens with zero attached hydrogens (tertiary/aromatic N) is 2. The summed E-state index contributed by atoms with van der Waals surface area (Å²) in [5, 5.41) is 0. The molecule has 4 nitrogen and oxygen atoms in total. The van der Waals surface area contributed by atoms with Crippen molar-refractivity contribution in [3.8, 4) is 0 Å². The Morgan fingerprint density at radius 3 is 2.88 bits per heavy atom. The second-order valence-electron chi connectivity index (χ2n) is 4.23. The van der Waals surface area contributed by atoms with Crippen molar-refractivity contribution in [3.63, 3.8) is 0 Å². The van der Waals surface area contributed by atoms with Crippen molar-refractivity contribution in [2.45, 2.75) is 10.4 Å². The molecule has 5 heteroatoms. The predicted octanol–water partition coefficient (Wildman–Crippen LogP) is 0.985. The molecule has 2 rings (SSSR count). The first-order chi connectivity index (χ1) is 7.58. The van der Waals surface area contributed by atoms with Crippen LogP contribution in [0.4, 0.5) is 11.4 Å². The van der Waals surface area contributed by atoms with Crippen molar-refractivity contribution in [3.05, 3.63) is 18.2 Å². The van der Waals surface area contributed by atoms with Gasteiger partial charge in [0.15, 0.2) is 0 Å². The van der Waals surface area contributed by atoms with Gasteiger partial charge in [-0.3, -0.25) is 0 Å². The van der Waals surface area contributed by atoms with Crippen molar-refractivity contribution in [2.75, 3.05) is 37.8 Å². The second-order valence-corrected chi connectivity index (χ2v) is 5.39. The van der Waals surface area contributed by atoms with Gasteiger partial charge in [-0.15, -0.1) is 0 Å². The summed E-state index contributed by atoms with van der Waals surface area (Å²) in [5.41, 5.74) is 13.9. The lowest BCUT2D eigenvalue weighted by Crippen LogP contribution is -2.40. The van der Waals surface area contributed by atoms with E-state index in [1.165, 1.54) is 10.6 Å². The van der Waals surface area contributed by atoms with Gasteiger partial charge in [-0.25, -0.2) is 0 Å². The van der Waals surface area contributed by atoms with Gasteiger partial charge in [0.05, 0.1) is 5.69 Å². The van der Waals surface area contributed by atoms with Crippen LogP contribution in [0.2, 0.25) is 0 Å². The van der Waals surface area contributed by atoms with E-state index in [0.717, 1.165) is 18.8 Å². The maximum atomic E-state index is 6.10. The van der Waals surface area contributed by atoms with Crippen molar-refractivity contribution in [1.29, 1.82) is 0 Å². The van der Waals surface area contributed by atoms with Crippen molar-refractivity contribution >= 4 is 23.1 Å². The van der Waals surface area contributed by atoms with Crippen LogP contribution in [0.5, 0.6) is 0 Å². The van der Waals surface area contributed by atoms with Crippen LogP contribution in [-0.4, -0.2) is 37.6 Å². The largest absolute Gasteiger partial charge is 0.399 e. The number of rotatable bonds is 3. The smallest absolute Gasteiger partial charge is 0.130 e. The molecule has 4 N–H and O–H groups in total. The SMILES string of the molecule is CN(C)CCN1c2cc(N)ccc2SC1N. The van der Waals surface area contributed by atoms with Crippen LogP contribution in [-0.2, 0) is 0 Å². The minimum absolute atomic E-state index is 0.0109. The van der Waals surface area contributed by atoms with Crippen molar-refractivity contribution in [2.24, 2.45) is 5.73 Å². The summed E-state index contributed by atoms with van der Waals surface area (Å²) in [6.07, 6.45) is 0. The van der Waals surface area contributed by atoms with Gasteiger partial charge in [0, 0.05) is 23.7 Å². The number of anilines is 2. The highest BCUT2D eigenvalue weighted by Gasteiger charge is 2.26. The maximum absolute atomic E-state index is 6.10. The van der Waals surface area contributed by atoms with Crippen LogP contribution in [0.25, 0.3) is 0 Å². The highest BCUT2D eigenvalue weighted by molar-refractivity contribution is 8.00. The molecule has 0 spiro atoms. The lowest BCUT2D eigenvalue weighted by Gasteiger charge is -2.25. The Kier molecular flexibility index (Phi) is 3.28. The molecule has 0 bridgehead atoms. The first-order valence-electron chi connectivity index (χ1n) is 5.31. The minimum atomic E-state index is 0.0109. The molecule has 1 aliphatic heterocycles. The maximum Gasteiger partial charge on any atom is 0.130 e. The van der Waals surface area contributed by atoms with Crippen molar-refractivity contribution in [1.82, 2.24) is 4.90 Å². The van der Waals surface area contributed by atoms with Crippen LogP contribution in [0.1, 0.15) is 0 Å². The van der Waals surface area contributed by atoms with Crippen LogP contribution in [0.3, 0.4) is 0 Å². The highest BCUT2D eigenvalue weighted by Crippen LogP contribution is 2.41. The summed E-state index contributed by atoms with van der Waals surface area (Å²) in [4.78, 5) is 5.58. The minimum Gasteiger partial charge on any atom is -0.399 e. The van der Waals surface area contributed by atoms with E-state index in [9.17, 15) is 0 Å². The van der Waals surface area contributed by atoms with E-state index in [4.69, 9.17) is 11.5 Å². The fourth-order valence-corrected chi connectivity index (χ4v) is 2.79. The van der Waals surface area contributed by atoms with Gasteiger partial charge < -0.3 is 21.3 Å². The number of nitrogen functional groups attached to an aromatic ring is 1. The Morgan fingerprint density at radius 2 is 2.19 bits per heavy atom. The van der Waals surface area contributed by atoms with E-state index in [-0.39, 0.29) is 5.50 Å². The molecule has 1 aliphatic rings. The van der Waals surface area contributed by atoms with Gasteiger partial charge in [0.2, 0.25) is 0 Å². The molecular formula is C11H18N4S. The van der Waals surface area contributed by atoms with Crippen LogP contribution >= 0.6 is 11.8 Å². The molecule has 0 aromatic heterocycles. The second kappa shape index (κ2) is 4.53. The lowest BCUT2D eigenvalue weighted by molar-refractivity contribution is 0.412. The van der Waals surface area contributed by atoms with Crippen LogP contribution in [0, 0.1) is 0 Å². The highest BCUT2D eigenvalue weighted by atomic mass is 32.2. The Bertz CT molecular complexity index is 380. The summed E-state index contributed by atoms with van der Waals surface area (Å²) in [6, 6.07) is 5.98. The molecule has 1 atom stereocenters. The molecule has 0 saturated heterocycles. The number of likely N-dealkylation sites (N-methyl/N-ethyl adjacent to an activating group) is 1. The third-order valence-corrected chi connectivity index (χ3v) is 3.73. The average molecular weight is 238 g/mol. The Morgan fingerprint density at radius 1 is 1.44 bits per heavy atom. The fourth-order valence-electron chi connectivity index (χ4n) is 1.74. The molecule has 1 aromatic carbocycles. The molecule has 0 fully saturated rings. The first-order valence-corrected chi connectivity index (χ1v) is 6.19. The molecule has 88 valence electrons. The van der Waals surface area contributed by atoms with E-state index >= 15 is 0 Å². The number of hydrogen-bond donors (Lipinski definition) is 2. The van der Waals surface area contributed by atoms with Gasteiger partial charge in [-0.2, -0.15) is 0 Å². The molecule has 0 aliphatic carbocycles. The standard InChI is InChI=1S/C11H18N4S/c1-14(2)5-6-15-9-7-8(12)3-4-10(9)16-11(15)13/h3-4,7,11H,5-6,12-13H2,1-2H3. The van der Waals surface area contributed by atoms with Gasteiger partial charge in [-0.05, 0) is 32.3 Å². The molecule has 1 unspecified atom stereocenters. The fraction of sp³-hybridized carbons (Fsp3) is 0.455. The lowest BCUT2D eigenvalue weighted by atomic mass is 10.2. The molecule has 0 radical (unpaired) electrons. The number of thioether (sulfide) groups is 1. The topological polar surface area (TPSA) is 58.5 Å². The van der Waals surface area contributed by atoms with E-state index in [1.807, 2.05) is 18.2 Å². The molecule has 0 amide bonds. The molecule has 0 saturated carbocycles. The number of benzene rings is 1. The Labute approximate surface area is 101 Å². The van der Waals surface area contributed by atoms with Gasteiger partial charge in [-0.1, -0.05) is 11.8 Å². The zero-order valence-electron chi connectivity index (χ0n) is 9.68. The van der Waals surface area contributed by atoms with Crippen LogP contribution < -0.4 is 16.4 Å². The molecular weight excluding hydrogens is 220 g/mol. The van der Waals surface area contributed by atoms with Crippen LogP contribution in [0.15, 0.2) is 23.1 Å². The summed E-state index contributed by atoms with van der Waals surface area (Å²) in [7, 11) is 4.13. The monoisotopic (exact) mass is 238 g/mol. The molecule has 16 heavy (non-hydrogen) atoms. The van der Waals surface area contributed by atoms with Gasteiger partial charge in [0.1, 0.15) is 5.50 Å². The summed E-state index contributed by atoms with van der Waals surface area (Å²) in [5.74, 6) is 0. The zero-order valence-corrected chi connectivity index (χ0v) is 10.5. The third-order valence-electron chi connectivity index (χ3n) is 2.64. The number of nitrogens with two attached hydrogens (primary N) is 2. The number of hydrogen-bond acceptors (Lipinski definition) is 5. The molecule has 1 heterocycles. The first kappa shape index (κ1) is 11.6. The third kappa shape index (κ3) is 2.26. The Balaban J connectivity index is 2.18. The average Bonchev–Trinajstić information content (AvgIpc) is 2.51. The van der Waals surface area contributed by atoms with E-state index < -0.39 is 0 Å². The van der Waals surface area contributed by atoms with Gasteiger partial charge >= 0.3 is 0 Å². The van der Waals surface area contributed by atoms with E-state index in [1.54, 1.807) is 11.8 Å². The predicted molar refractivity (Wildman–Crippen MR) is 70.6 cm³/mol. The quantitative estimate of drug-likeness (QED) is 0.769. The summed E-state index contributed by atoms with van der Waals surface area (Å²) in [6.45, 7) is 1.92. The number of fused-ring (bicyclic) bond motifs is 1. The van der Waals surface area contributed by atoms with Crippen molar-refractivity contribution < 1.29 is 0 Å². The van der Waals surface area contributed by atoms with E-state index in [0.29, 0.717) is 0 Å². The van der Waals surface area contributed by atoms with Gasteiger partial charge in [0.25, 0.3) is 0 Å². The van der Waals surface area contributed by atoms with E-state index in [2.05, 4.69) is 23.9 Å². The normalized spacial score (nSPS) is 19.2. The zero-order chi connectivity index (χ0) is 11.7. The molecule has 1 aromatic rings. The summed E-state index contributed by atoms with van der Waals surface area (Å²) < 4.78 is 0. The summed E-state index contributed by atoms with van der Waals surface area (Å²) >= 11 is 1.69.